The van der Waals surface area contributed by atoms with Gasteiger partial charge in [-0.1, -0.05) is 29.8 Å². The molecule has 2 aromatic carbocycles. The Kier molecular flexibility index (Phi) is 7.05. The van der Waals surface area contributed by atoms with Gasteiger partial charge in [-0.25, -0.2) is 4.79 Å². The summed E-state index contributed by atoms with van der Waals surface area (Å²) in [4.78, 5) is 38.6. The third kappa shape index (κ3) is 5.39. The standard InChI is InChI=1S/C24H24N2O5S/c1-14(2)31-21(27)13-30-18-8-6-17(7-9-18)12-19-22(28)25-24(32)26(23(19)29)20-10-5-15(3)11-16(20)4/h5-12,14H,13H2,1-4H3,(H,25,28,32)/b19-12+. The van der Waals surface area contributed by atoms with Gasteiger partial charge in [0.2, 0.25) is 0 Å². The fraction of sp³-hybridized carbons (Fsp3) is 0.250. The van der Waals surface area contributed by atoms with Gasteiger partial charge in [-0.3, -0.25) is 19.8 Å². The van der Waals surface area contributed by atoms with Crippen LogP contribution in [0.3, 0.4) is 0 Å². The molecule has 7 nitrogen and oxygen atoms in total. The number of carbonyl (C=O) groups is 3. The lowest BCUT2D eigenvalue weighted by atomic mass is 10.0. The highest BCUT2D eigenvalue weighted by Gasteiger charge is 2.35. The smallest absolute Gasteiger partial charge is 0.344 e. The number of hydrogen-bond donors (Lipinski definition) is 1. The van der Waals surface area contributed by atoms with E-state index in [-0.39, 0.29) is 23.4 Å². The van der Waals surface area contributed by atoms with E-state index in [1.165, 1.54) is 11.0 Å². The number of aryl methyl sites for hydroxylation is 2. The summed E-state index contributed by atoms with van der Waals surface area (Å²) in [6.07, 6.45) is 1.28. The minimum absolute atomic E-state index is 0.0345. The molecule has 0 aliphatic carbocycles. The summed E-state index contributed by atoms with van der Waals surface area (Å²) >= 11 is 5.26. The molecule has 0 aromatic heterocycles. The summed E-state index contributed by atoms with van der Waals surface area (Å²) in [6, 6.07) is 12.3. The summed E-state index contributed by atoms with van der Waals surface area (Å²) in [7, 11) is 0. The van der Waals surface area contributed by atoms with Crippen molar-refractivity contribution in [1.29, 1.82) is 0 Å². The molecule has 0 spiro atoms. The lowest BCUT2D eigenvalue weighted by Gasteiger charge is -2.30. The van der Waals surface area contributed by atoms with Crippen LogP contribution in [0.25, 0.3) is 6.08 Å². The van der Waals surface area contributed by atoms with Crippen molar-refractivity contribution in [3.8, 4) is 5.75 Å². The van der Waals surface area contributed by atoms with Gasteiger partial charge >= 0.3 is 5.97 Å². The molecule has 166 valence electrons. The van der Waals surface area contributed by atoms with Crippen LogP contribution in [0.2, 0.25) is 0 Å². The Morgan fingerprint density at radius 2 is 1.81 bits per heavy atom. The van der Waals surface area contributed by atoms with Crippen LogP contribution in [0, 0.1) is 13.8 Å². The molecule has 2 amide bonds. The van der Waals surface area contributed by atoms with E-state index in [4.69, 9.17) is 21.7 Å². The van der Waals surface area contributed by atoms with Crippen molar-refractivity contribution in [1.82, 2.24) is 5.32 Å². The third-order valence-corrected chi connectivity index (χ3v) is 4.89. The van der Waals surface area contributed by atoms with Gasteiger partial charge < -0.3 is 9.47 Å². The number of nitrogens with zero attached hydrogens (tertiary/aromatic N) is 1. The maximum absolute atomic E-state index is 13.2. The van der Waals surface area contributed by atoms with Gasteiger partial charge in [0, 0.05) is 0 Å². The van der Waals surface area contributed by atoms with Gasteiger partial charge in [0.15, 0.2) is 11.7 Å². The zero-order valence-corrected chi connectivity index (χ0v) is 19.1. The molecular formula is C24H24N2O5S. The summed E-state index contributed by atoms with van der Waals surface area (Å²) in [6.45, 7) is 7.16. The van der Waals surface area contributed by atoms with Crippen molar-refractivity contribution in [2.45, 2.75) is 33.8 Å². The first-order valence-corrected chi connectivity index (χ1v) is 10.5. The van der Waals surface area contributed by atoms with E-state index in [9.17, 15) is 14.4 Å². The molecule has 0 bridgehead atoms. The van der Waals surface area contributed by atoms with Crippen LogP contribution in [0.1, 0.15) is 30.5 Å². The number of ether oxygens (including phenoxy) is 2. The second kappa shape index (κ2) is 9.74. The Bertz CT molecular complexity index is 1110. The second-order valence-corrected chi connectivity index (χ2v) is 8.03. The molecule has 1 heterocycles. The normalized spacial score (nSPS) is 15.2. The molecule has 1 aliphatic heterocycles. The molecular weight excluding hydrogens is 428 g/mol. The van der Waals surface area contributed by atoms with Crippen LogP contribution < -0.4 is 15.0 Å². The molecule has 0 saturated carbocycles. The fourth-order valence-corrected chi connectivity index (χ4v) is 3.47. The first-order valence-electron chi connectivity index (χ1n) is 10.1. The van der Waals surface area contributed by atoms with E-state index >= 15 is 0 Å². The number of benzene rings is 2. The predicted molar refractivity (Wildman–Crippen MR) is 125 cm³/mol. The SMILES string of the molecule is Cc1ccc(N2C(=O)/C(=C/c3ccc(OCC(=O)OC(C)C)cc3)C(=O)NC2=S)c(C)c1. The largest absolute Gasteiger partial charge is 0.482 e. The topological polar surface area (TPSA) is 84.9 Å². The molecule has 3 rings (SSSR count). The third-order valence-electron chi connectivity index (χ3n) is 4.61. The average molecular weight is 453 g/mol. The maximum atomic E-state index is 13.2. The molecule has 8 heteroatoms. The van der Waals surface area contributed by atoms with Crippen LogP contribution >= 0.6 is 12.2 Å². The van der Waals surface area contributed by atoms with E-state index in [0.29, 0.717) is 17.0 Å². The number of esters is 1. The highest BCUT2D eigenvalue weighted by atomic mass is 32.1. The zero-order chi connectivity index (χ0) is 23.4. The van der Waals surface area contributed by atoms with Crippen LogP contribution in [-0.4, -0.2) is 35.6 Å². The van der Waals surface area contributed by atoms with E-state index < -0.39 is 17.8 Å². The van der Waals surface area contributed by atoms with E-state index in [1.807, 2.05) is 26.0 Å². The first-order chi connectivity index (χ1) is 15.2. The Balaban J connectivity index is 1.79. The highest BCUT2D eigenvalue weighted by Crippen LogP contribution is 2.26. The van der Waals surface area contributed by atoms with Gasteiger partial charge in [0.05, 0.1) is 11.8 Å². The summed E-state index contributed by atoms with van der Waals surface area (Å²) < 4.78 is 10.4. The Labute approximate surface area is 192 Å². The van der Waals surface area contributed by atoms with Gasteiger partial charge in [-0.15, -0.1) is 0 Å². The molecule has 0 atom stereocenters. The maximum Gasteiger partial charge on any atom is 0.344 e. The predicted octanol–water partition coefficient (Wildman–Crippen LogP) is 3.47. The van der Waals surface area contributed by atoms with Crippen LogP contribution in [-0.2, 0) is 19.1 Å². The molecule has 1 N–H and O–H groups in total. The van der Waals surface area contributed by atoms with Gasteiger partial charge in [0.1, 0.15) is 11.3 Å². The number of nitrogens with one attached hydrogen (secondary N) is 1. The van der Waals surface area contributed by atoms with Crippen molar-refractivity contribution in [3.63, 3.8) is 0 Å². The lowest BCUT2D eigenvalue weighted by Crippen LogP contribution is -2.54. The minimum Gasteiger partial charge on any atom is -0.482 e. The van der Waals surface area contributed by atoms with Crippen molar-refractivity contribution in [2.24, 2.45) is 0 Å². The second-order valence-electron chi connectivity index (χ2n) is 7.64. The number of anilines is 1. The fourth-order valence-electron chi connectivity index (χ4n) is 3.20. The quantitative estimate of drug-likeness (QED) is 0.313. The molecule has 0 unspecified atom stereocenters. The van der Waals surface area contributed by atoms with Crippen molar-refractivity contribution < 1.29 is 23.9 Å². The van der Waals surface area contributed by atoms with E-state index in [2.05, 4.69) is 5.32 Å². The summed E-state index contributed by atoms with van der Waals surface area (Å²) in [5, 5.41) is 2.63. The molecule has 32 heavy (non-hydrogen) atoms. The Morgan fingerprint density at radius 1 is 1.12 bits per heavy atom. The highest BCUT2D eigenvalue weighted by molar-refractivity contribution is 7.80. The lowest BCUT2D eigenvalue weighted by molar-refractivity contribution is -0.149. The number of thiocarbonyl (C=S) groups is 1. The van der Waals surface area contributed by atoms with Gasteiger partial charge in [-0.05, 0) is 75.3 Å². The van der Waals surface area contributed by atoms with Crippen LogP contribution in [0.5, 0.6) is 5.75 Å². The van der Waals surface area contributed by atoms with E-state index in [1.54, 1.807) is 44.2 Å². The van der Waals surface area contributed by atoms with Gasteiger partial charge in [0.25, 0.3) is 11.8 Å². The van der Waals surface area contributed by atoms with Crippen molar-refractivity contribution >= 4 is 46.9 Å². The first kappa shape index (κ1) is 23.1. The number of hydrogen-bond acceptors (Lipinski definition) is 6. The Morgan fingerprint density at radius 3 is 2.44 bits per heavy atom. The number of rotatable bonds is 6. The monoisotopic (exact) mass is 452 g/mol. The molecule has 0 radical (unpaired) electrons. The van der Waals surface area contributed by atoms with Crippen molar-refractivity contribution in [2.75, 3.05) is 11.5 Å². The van der Waals surface area contributed by atoms with Crippen LogP contribution in [0.4, 0.5) is 5.69 Å². The number of carbonyl (C=O) groups excluding carboxylic acids is 3. The molecule has 1 aliphatic rings. The molecule has 1 saturated heterocycles. The average Bonchev–Trinajstić information content (AvgIpc) is 2.71. The van der Waals surface area contributed by atoms with Crippen molar-refractivity contribution in [3.05, 3.63) is 64.7 Å². The van der Waals surface area contributed by atoms with Crippen LogP contribution in [0.15, 0.2) is 48.0 Å². The minimum atomic E-state index is -0.558. The summed E-state index contributed by atoms with van der Waals surface area (Å²) in [5.74, 6) is -1.05. The molecule has 1 fully saturated rings. The zero-order valence-electron chi connectivity index (χ0n) is 18.3. The Hall–Kier alpha value is -3.52. The van der Waals surface area contributed by atoms with E-state index in [0.717, 1.165) is 11.1 Å². The van der Waals surface area contributed by atoms with Gasteiger partial charge in [-0.2, -0.15) is 0 Å². The number of amides is 2. The molecule has 2 aromatic rings. The summed E-state index contributed by atoms with van der Waals surface area (Å²) in [5.41, 5.74) is 3.13.